The summed E-state index contributed by atoms with van der Waals surface area (Å²) in [5.74, 6) is -0.542. The fraction of sp³-hybridized carbons (Fsp3) is 0.429. The van der Waals surface area contributed by atoms with Crippen molar-refractivity contribution in [2.24, 2.45) is 0 Å². The number of halogens is 1. The van der Waals surface area contributed by atoms with Crippen LogP contribution in [0.2, 0.25) is 0 Å². The number of nitrogens with zero attached hydrogens (tertiary/aromatic N) is 4. The number of rotatable bonds is 6. The highest BCUT2D eigenvalue weighted by Crippen LogP contribution is 2.21. The predicted molar refractivity (Wildman–Crippen MR) is 117 cm³/mol. The third-order valence-electron chi connectivity index (χ3n) is 5.19. The van der Waals surface area contributed by atoms with Gasteiger partial charge in [0.1, 0.15) is 11.5 Å². The van der Waals surface area contributed by atoms with Gasteiger partial charge >= 0.3 is 6.03 Å². The van der Waals surface area contributed by atoms with Gasteiger partial charge in [-0.3, -0.25) is 15.0 Å². The molecular weight excluding hydrogens is 401 g/mol. The van der Waals surface area contributed by atoms with Gasteiger partial charge in [-0.25, -0.2) is 14.8 Å². The number of amides is 3. The zero-order valence-corrected chi connectivity index (χ0v) is 18.0. The van der Waals surface area contributed by atoms with Gasteiger partial charge < -0.3 is 15.5 Å². The maximum absolute atomic E-state index is 14.4. The molecule has 0 aromatic carbocycles. The minimum Gasteiger partial charge on any atom is -0.365 e. The molecule has 3 N–H and O–H groups in total. The lowest BCUT2D eigenvalue weighted by atomic mass is 10.1. The second-order valence-corrected chi connectivity index (χ2v) is 7.33. The van der Waals surface area contributed by atoms with Crippen LogP contribution in [0.25, 0.3) is 0 Å². The Bertz CT molecular complexity index is 945. The maximum Gasteiger partial charge on any atom is 0.320 e. The molecule has 0 atom stereocenters. The van der Waals surface area contributed by atoms with Gasteiger partial charge in [-0.05, 0) is 43.2 Å². The standard InChI is InChI=1S/C21H28FN7O2/c1-4-24-21(31)27-18-11-15(14(2)12-25-18)13-28-7-9-29(10-8-28)17-6-5-16(20(30)23-3)26-19(17)22/h5-6,11-12H,4,7-10,13H2,1-3H3,(H,23,30)(H2,24,25,27,31). The van der Waals surface area contributed by atoms with Gasteiger partial charge in [0.15, 0.2) is 0 Å². The first-order valence-corrected chi connectivity index (χ1v) is 10.3. The molecule has 1 fully saturated rings. The van der Waals surface area contributed by atoms with E-state index in [-0.39, 0.29) is 11.7 Å². The van der Waals surface area contributed by atoms with E-state index in [0.717, 1.165) is 24.2 Å². The van der Waals surface area contributed by atoms with E-state index in [0.29, 0.717) is 37.7 Å². The molecule has 1 aliphatic heterocycles. The summed E-state index contributed by atoms with van der Waals surface area (Å²) in [4.78, 5) is 35.6. The van der Waals surface area contributed by atoms with E-state index in [2.05, 4.69) is 30.8 Å². The summed E-state index contributed by atoms with van der Waals surface area (Å²) in [6.45, 7) is 7.88. The summed E-state index contributed by atoms with van der Waals surface area (Å²) >= 11 is 0. The molecule has 2 aromatic heterocycles. The topological polar surface area (TPSA) is 102 Å². The van der Waals surface area contributed by atoms with Crippen LogP contribution >= 0.6 is 0 Å². The summed E-state index contributed by atoms with van der Waals surface area (Å²) in [5, 5.41) is 7.86. The predicted octanol–water partition coefficient (Wildman–Crippen LogP) is 1.75. The van der Waals surface area contributed by atoms with Crippen molar-refractivity contribution in [3.8, 4) is 0 Å². The normalized spacial score (nSPS) is 14.3. The van der Waals surface area contributed by atoms with Crippen molar-refractivity contribution in [3.63, 3.8) is 0 Å². The molecule has 166 valence electrons. The number of aromatic nitrogens is 2. The van der Waals surface area contributed by atoms with Crippen LogP contribution < -0.4 is 20.9 Å². The second kappa shape index (κ2) is 10.2. The Morgan fingerprint density at radius 1 is 1.19 bits per heavy atom. The molecule has 0 saturated carbocycles. The average molecular weight is 430 g/mol. The number of aryl methyl sites for hydroxylation is 1. The van der Waals surface area contributed by atoms with Crippen molar-refractivity contribution in [3.05, 3.63) is 47.2 Å². The molecule has 0 unspecified atom stereocenters. The van der Waals surface area contributed by atoms with E-state index in [1.165, 1.54) is 13.1 Å². The molecule has 1 aliphatic rings. The van der Waals surface area contributed by atoms with Crippen LogP contribution in [0.3, 0.4) is 0 Å². The van der Waals surface area contributed by atoms with Gasteiger partial charge in [0.25, 0.3) is 5.91 Å². The van der Waals surface area contributed by atoms with Crippen LogP contribution in [0, 0.1) is 12.9 Å². The number of hydrogen-bond donors (Lipinski definition) is 3. The molecule has 0 aliphatic carbocycles. The summed E-state index contributed by atoms with van der Waals surface area (Å²) in [6, 6.07) is 4.75. The van der Waals surface area contributed by atoms with E-state index in [1.807, 2.05) is 24.8 Å². The first kappa shape index (κ1) is 22.4. The maximum atomic E-state index is 14.4. The molecule has 10 heteroatoms. The fourth-order valence-electron chi connectivity index (χ4n) is 3.43. The van der Waals surface area contributed by atoms with E-state index in [4.69, 9.17) is 0 Å². The third kappa shape index (κ3) is 5.66. The minimum atomic E-state index is -0.638. The van der Waals surface area contributed by atoms with Gasteiger partial charge in [0, 0.05) is 52.5 Å². The number of carbonyl (C=O) groups is 2. The van der Waals surface area contributed by atoms with Crippen molar-refractivity contribution >= 4 is 23.4 Å². The largest absolute Gasteiger partial charge is 0.365 e. The second-order valence-electron chi connectivity index (χ2n) is 7.33. The van der Waals surface area contributed by atoms with Crippen molar-refractivity contribution in [2.75, 3.05) is 50.0 Å². The van der Waals surface area contributed by atoms with Gasteiger partial charge in [-0.2, -0.15) is 4.39 Å². The summed E-state index contributed by atoms with van der Waals surface area (Å²) < 4.78 is 14.4. The summed E-state index contributed by atoms with van der Waals surface area (Å²) in [5.41, 5.74) is 2.59. The van der Waals surface area contributed by atoms with Crippen LogP contribution in [0.4, 0.5) is 20.7 Å². The Morgan fingerprint density at radius 2 is 1.94 bits per heavy atom. The molecule has 31 heavy (non-hydrogen) atoms. The van der Waals surface area contributed by atoms with Crippen LogP contribution in [-0.2, 0) is 6.54 Å². The molecule has 3 rings (SSSR count). The molecule has 0 spiro atoms. The lowest BCUT2D eigenvalue weighted by Gasteiger charge is -2.36. The highest BCUT2D eigenvalue weighted by molar-refractivity contribution is 5.92. The number of nitrogens with one attached hydrogen (secondary N) is 3. The SMILES string of the molecule is CCNC(=O)Nc1cc(CN2CCN(c3ccc(C(=O)NC)nc3F)CC2)c(C)cn1. The molecule has 0 radical (unpaired) electrons. The molecule has 9 nitrogen and oxygen atoms in total. The Morgan fingerprint density at radius 3 is 2.58 bits per heavy atom. The van der Waals surface area contributed by atoms with Crippen LogP contribution in [0.5, 0.6) is 0 Å². The van der Waals surface area contributed by atoms with Crippen molar-refractivity contribution in [1.82, 2.24) is 25.5 Å². The Balaban J connectivity index is 1.60. The number of piperazine rings is 1. The summed E-state index contributed by atoms with van der Waals surface area (Å²) in [6.07, 6.45) is 1.75. The fourth-order valence-corrected chi connectivity index (χ4v) is 3.43. The molecule has 1 saturated heterocycles. The van der Waals surface area contributed by atoms with Gasteiger partial charge in [-0.1, -0.05) is 0 Å². The Labute approximate surface area is 181 Å². The Kier molecular flexibility index (Phi) is 7.35. The molecule has 0 bridgehead atoms. The van der Waals surface area contributed by atoms with Gasteiger partial charge in [-0.15, -0.1) is 0 Å². The zero-order chi connectivity index (χ0) is 22.4. The lowest BCUT2D eigenvalue weighted by Crippen LogP contribution is -2.46. The smallest absolute Gasteiger partial charge is 0.320 e. The van der Waals surface area contributed by atoms with E-state index in [9.17, 15) is 14.0 Å². The highest BCUT2D eigenvalue weighted by Gasteiger charge is 2.22. The van der Waals surface area contributed by atoms with Crippen LogP contribution in [0.1, 0.15) is 28.5 Å². The quantitative estimate of drug-likeness (QED) is 0.605. The highest BCUT2D eigenvalue weighted by atomic mass is 19.1. The van der Waals surface area contributed by atoms with Crippen LogP contribution in [-0.4, -0.2) is 66.6 Å². The average Bonchev–Trinajstić information content (AvgIpc) is 2.76. The third-order valence-corrected chi connectivity index (χ3v) is 5.19. The minimum absolute atomic E-state index is 0.0626. The summed E-state index contributed by atoms with van der Waals surface area (Å²) in [7, 11) is 1.48. The molecule has 3 amide bonds. The van der Waals surface area contributed by atoms with E-state index >= 15 is 0 Å². The Hall–Kier alpha value is -3.27. The first-order chi connectivity index (χ1) is 14.9. The number of pyridine rings is 2. The molecular formula is C21H28FN7O2. The number of anilines is 2. The monoisotopic (exact) mass is 429 g/mol. The zero-order valence-electron chi connectivity index (χ0n) is 18.0. The lowest BCUT2D eigenvalue weighted by molar-refractivity contribution is 0.0957. The van der Waals surface area contributed by atoms with Crippen LogP contribution in [0.15, 0.2) is 24.4 Å². The van der Waals surface area contributed by atoms with Crippen molar-refractivity contribution < 1.29 is 14.0 Å². The van der Waals surface area contributed by atoms with Crippen molar-refractivity contribution in [2.45, 2.75) is 20.4 Å². The first-order valence-electron chi connectivity index (χ1n) is 10.3. The number of hydrogen-bond acceptors (Lipinski definition) is 6. The number of urea groups is 1. The molecule has 2 aromatic rings. The molecule has 3 heterocycles. The van der Waals surface area contributed by atoms with Crippen molar-refractivity contribution in [1.29, 1.82) is 0 Å². The van der Waals surface area contributed by atoms with E-state index in [1.54, 1.807) is 12.3 Å². The van der Waals surface area contributed by atoms with E-state index < -0.39 is 11.9 Å². The number of carbonyl (C=O) groups excluding carboxylic acids is 2. The van der Waals surface area contributed by atoms with Gasteiger partial charge in [0.2, 0.25) is 5.95 Å². The van der Waals surface area contributed by atoms with Gasteiger partial charge in [0.05, 0.1) is 5.69 Å².